The van der Waals surface area contributed by atoms with Crippen LogP contribution < -0.4 is 14.8 Å². The maximum Gasteiger partial charge on any atom is 0.161 e. The van der Waals surface area contributed by atoms with Gasteiger partial charge in [-0.1, -0.05) is 47.0 Å². The third-order valence-electron chi connectivity index (χ3n) is 4.05. The molecule has 7 heteroatoms. The fourth-order valence-corrected chi connectivity index (χ4v) is 2.93. The molecule has 2 aromatic rings. The number of aryl methyl sites for hydroxylation is 1. The molecule has 0 saturated heterocycles. The highest BCUT2D eigenvalue weighted by molar-refractivity contribution is 9.09. The monoisotopic (exact) mass is 482 g/mol. The van der Waals surface area contributed by atoms with Gasteiger partial charge in [-0.3, -0.25) is 0 Å². The van der Waals surface area contributed by atoms with Crippen LogP contribution in [0, 0.1) is 12.7 Å². The molecule has 0 fully saturated rings. The Morgan fingerprint density at radius 3 is 2.72 bits per heavy atom. The number of benzene rings is 2. The summed E-state index contributed by atoms with van der Waals surface area (Å²) >= 11 is 9.30. The van der Waals surface area contributed by atoms with E-state index in [0.717, 1.165) is 24.0 Å². The van der Waals surface area contributed by atoms with Crippen molar-refractivity contribution in [2.75, 3.05) is 24.4 Å². The highest BCUT2D eigenvalue weighted by Crippen LogP contribution is 2.31. The zero-order valence-electron chi connectivity index (χ0n) is 16.8. The van der Waals surface area contributed by atoms with E-state index in [9.17, 15) is 4.39 Å². The molecule has 0 spiro atoms. The fourth-order valence-electron chi connectivity index (χ4n) is 2.59. The molecule has 0 aromatic heterocycles. The molecule has 156 valence electrons. The molecule has 4 nitrogen and oxygen atoms in total. The summed E-state index contributed by atoms with van der Waals surface area (Å²) in [6.07, 6.45) is 5.73. The number of nitrogens with zero attached hydrogens (tertiary/aromatic N) is 1. The van der Waals surface area contributed by atoms with E-state index in [1.807, 2.05) is 25.1 Å². The number of hydrogen-bond donors (Lipinski definition) is 1. The smallest absolute Gasteiger partial charge is 0.161 e. The van der Waals surface area contributed by atoms with Gasteiger partial charge in [0.15, 0.2) is 11.5 Å². The third-order valence-corrected chi connectivity index (χ3v) is 4.66. The SMILES string of the molecule is CCCC=CN=C(Nc1ccc(F)c(Cl)c1)c1cc(OCCBr)c(OC)cc1C. The first-order valence-electron chi connectivity index (χ1n) is 9.32. The molecule has 0 heterocycles. The van der Waals surface area contributed by atoms with Gasteiger partial charge in [-0.15, -0.1) is 0 Å². The Hall–Kier alpha value is -2.05. The van der Waals surface area contributed by atoms with Crippen molar-refractivity contribution < 1.29 is 13.9 Å². The maximum absolute atomic E-state index is 13.5. The Bertz CT molecular complexity index is 887. The molecular weight excluding hydrogens is 459 g/mol. The average Bonchev–Trinajstić information content (AvgIpc) is 2.71. The summed E-state index contributed by atoms with van der Waals surface area (Å²) in [7, 11) is 1.61. The summed E-state index contributed by atoms with van der Waals surface area (Å²) in [5.41, 5.74) is 2.44. The van der Waals surface area contributed by atoms with Gasteiger partial charge >= 0.3 is 0 Å². The van der Waals surface area contributed by atoms with Crippen LogP contribution in [0.15, 0.2) is 47.6 Å². The van der Waals surface area contributed by atoms with Crippen LogP contribution in [-0.4, -0.2) is 24.9 Å². The van der Waals surface area contributed by atoms with E-state index >= 15 is 0 Å². The number of amidine groups is 1. The van der Waals surface area contributed by atoms with Crippen LogP contribution in [0.4, 0.5) is 10.1 Å². The molecule has 0 aliphatic heterocycles. The lowest BCUT2D eigenvalue weighted by molar-refractivity contribution is 0.314. The van der Waals surface area contributed by atoms with E-state index in [1.165, 1.54) is 12.1 Å². The van der Waals surface area contributed by atoms with Gasteiger partial charge in [0.25, 0.3) is 0 Å². The van der Waals surface area contributed by atoms with Gasteiger partial charge in [0, 0.05) is 22.8 Å². The van der Waals surface area contributed by atoms with Gasteiger partial charge in [0.05, 0.1) is 18.7 Å². The molecule has 0 radical (unpaired) electrons. The van der Waals surface area contributed by atoms with Crippen molar-refractivity contribution in [2.24, 2.45) is 4.99 Å². The van der Waals surface area contributed by atoms with E-state index in [0.29, 0.717) is 35.0 Å². The second-order valence-electron chi connectivity index (χ2n) is 6.26. The average molecular weight is 484 g/mol. The first-order chi connectivity index (χ1) is 14.0. The molecule has 29 heavy (non-hydrogen) atoms. The molecule has 0 aliphatic carbocycles. The molecule has 0 bridgehead atoms. The van der Waals surface area contributed by atoms with E-state index < -0.39 is 5.82 Å². The minimum atomic E-state index is -0.468. The van der Waals surface area contributed by atoms with Crippen molar-refractivity contribution >= 4 is 39.1 Å². The number of hydrogen-bond acceptors (Lipinski definition) is 3. The summed E-state index contributed by atoms with van der Waals surface area (Å²) in [4.78, 5) is 4.60. The first-order valence-corrected chi connectivity index (χ1v) is 10.8. The molecule has 0 amide bonds. The molecule has 0 saturated carbocycles. The van der Waals surface area contributed by atoms with Crippen molar-refractivity contribution in [2.45, 2.75) is 26.7 Å². The summed E-state index contributed by atoms with van der Waals surface area (Å²) in [6.45, 7) is 4.58. The largest absolute Gasteiger partial charge is 0.493 e. The Morgan fingerprint density at radius 2 is 2.07 bits per heavy atom. The lowest BCUT2D eigenvalue weighted by Crippen LogP contribution is -2.15. The minimum Gasteiger partial charge on any atom is -0.493 e. The molecule has 2 rings (SSSR count). The van der Waals surface area contributed by atoms with E-state index in [4.69, 9.17) is 21.1 Å². The minimum absolute atomic E-state index is 0.0451. The van der Waals surface area contributed by atoms with Crippen molar-refractivity contribution in [3.63, 3.8) is 0 Å². The number of nitrogens with one attached hydrogen (secondary N) is 1. The standard InChI is InChI=1S/C22H25BrClFN2O2/c1-4-5-6-10-26-22(27-16-7-8-19(25)18(24)13-16)17-14-21(29-11-9-23)20(28-3)12-15(17)2/h6-8,10,12-14H,4-5,9,11H2,1-3H3,(H,26,27). The van der Waals surface area contributed by atoms with Gasteiger partial charge in [0.1, 0.15) is 11.7 Å². The summed E-state index contributed by atoms with van der Waals surface area (Å²) < 4.78 is 24.8. The Labute approximate surface area is 184 Å². The first kappa shape index (κ1) is 23.2. The third kappa shape index (κ3) is 6.75. The highest BCUT2D eigenvalue weighted by Gasteiger charge is 2.14. The van der Waals surface area contributed by atoms with E-state index in [-0.39, 0.29) is 5.02 Å². The lowest BCUT2D eigenvalue weighted by atomic mass is 10.1. The maximum atomic E-state index is 13.5. The van der Waals surface area contributed by atoms with Crippen LogP contribution in [0.1, 0.15) is 30.9 Å². The normalized spacial score (nSPS) is 11.7. The number of allylic oxidation sites excluding steroid dienone is 1. The molecule has 1 N–H and O–H groups in total. The quantitative estimate of drug-likeness (QED) is 0.244. The second-order valence-corrected chi connectivity index (χ2v) is 7.46. The number of unbranched alkanes of at least 4 members (excludes halogenated alkanes) is 1. The van der Waals surface area contributed by atoms with Crippen molar-refractivity contribution in [3.05, 3.63) is 64.6 Å². The topological polar surface area (TPSA) is 42.9 Å². The Kier molecular flexibility index (Phi) is 9.48. The highest BCUT2D eigenvalue weighted by atomic mass is 79.9. The van der Waals surface area contributed by atoms with Crippen LogP contribution in [-0.2, 0) is 0 Å². The molecule has 0 unspecified atom stereocenters. The van der Waals surface area contributed by atoms with Gasteiger partial charge < -0.3 is 14.8 Å². The number of aliphatic imine (C=N–C) groups is 1. The number of rotatable bonds is 9. The van der Waals surface area contributed by atoms with Crippen molar-refractivity contribution in [3.8, 4) is 11.5 Å². The predicted octanol–water partition coefficient (Wildman–Crippen LogP) is 6.74. The Balaban J connectivity index is 2.47. The summed E-state index contributed by atoms with van der Waals surface area (Å²) in [6, 6.07) is 8.27. The van der Waals surface area contributed by atoms with Crippen LogP contribution in [0.25, 0.3) is 0 Å². The summed E-state index contributed by atoms with van der Waals surface area (Å²) in [5, 5.41) is 3.99. The van der Waals surface area contributed by atoms with Gasteiger partial charge in [-0.25, -0.2) is 9.38 Å². The van der Waals surface area contributed by atoms with Crippen molar-refractivity contribution in [1.82, 2.24) is 0 Å². The van der Waals surface area contributed by atoms with Crippen LogP contribution in [0.5, 0.6) is 11.5 Å². The molecule has 2 aromatic carbocycles. The second kappa shape index (κ2) is 11.8. The van der Waals surface area contributed by atoms with E-state index in [2.05, 4.69) is 33.2 Å². The number of methoxy groups -OCH3 is 1. The van der Waals surface area contributed by atoms with Crippen LogP contribution >= 0.6 is 27.5 Å². The van der Waals surface area contributed by atoms with Crippen LogP contribution in [0.2, 0.25) is 5.02 Å². The van der Waals surface area contributed by atoms with Gasteiger partial charge in [-0.05, 0) is 49.2 Å². The zero-order valence-corrected chi connectivity index (χ0v) is 19.1. The zero-order chi connectivity index (χ0) is 21.2. The molecule has 0 aliphatic rings. The van der Waals surface area contributed by atoms with Crippen LogP contribution in [0.3, 0.4) is 0 Å². The molecular formula is C22H25BrClFN2O2. The number of halogens is 3. The Morgan fingerprint density at radius 1 is 1.28 bits per heavy atom. The lowest BCUT2D eigenvalue weighted by Gasteiger charge is -2.17. The van der Waals surface area contributed by atoms with E-state index in [1.54, 1.807) is 19.4 Å². The van der Waals surface area contributed by atoms with Gasteiger partial charge in [0.2, 0.25) is 0 Å². The number of alkyl halides is 1. The predicted molar refractivity (Wildman–Crippen MR) is 123 cm³/mol. The molecule has 0 atom stereocenters. The number of ether oxygens (including phenoxy) is 2. The fraction of sp³-hybridized carbons (Fsp3) is 0.318. The number of anilines is 1. The summed E-state index contributed by atoms with van der Waals surface area (Å²) in [5.74, 6) is 1.41. The van der Waals surface area contributed by atoms with Gasteiger partial charge in [-0.2, -0.15) is 0 Å². The van der Waals surface area contributed by atoms with Crippen molar-refractivity contribution in [1.29, 1.82) is 0 Å².